The molecule has 1 N–H and O–H groups in total. The molecule has 1 aromatic heterocycles. The summed E-state index contributed by atoms with van der Waals surface area (Å²) in [5.41, 5.74) is 0. The minimum atomic E-state index is -2.81. The van der Waals surface area contributed by atoms with Crippen LogP contribution in [-0.2, 0) is 4.79 Å². The first-order valence-electron chi connectivity index (χ1n) is 7.19. The molecular weight excluding hydrogens is 312 g/mol. The van der Waals surface area contributed by atoms with Gasteiger partial charge in [-0.15, -0.1) is 11.3 Å². The van der Waals surface area contributed by atoms with Gasteiger partial charge in [0.25, 0.3) is 11.8 Å². The highest BCUT2D eigenvalue weighted by Crippen LogP contribution is 2.26. The number of amides is 2. The van der Waals surface area contributed by atoms with Crippen LogP contribution in [0.5, 0.6) is 0 Å². The Hall–Kier alpha value is -1.54. The normalized spacial score (nSPS) is 24.5. The van der Waals surface area contributed by atoms with Crippen LogP contribution in [0.4, 0.5) is 8.78 Å². The Kier molecular flexibility index (Phi) is 4.14. The predicted molar refractivity (Wildman–Crippen MR) is 78.2 cm³/mol. The molecule has 2 aliphatic rings. The number of carbonyl (C=O) groups excluding carboxylic acids is 2. The maximum Gasteiger partial charge on any atom is 0.264 e. The van der Waals surface area contributed by atoms with Gasteiger partial charge < -0.3 is 9.80 Å². The van der Waals surface area contributed by atoms with E-state index in [4.69, 9.17) is 0 Å². The van der Waals surface area contributed by atoms with Gasteiger partial charge in [-0.3, -0.25) is 14.9 Å². The van der Waals surface area contributed by atoms with E-state index in [1.165, 1.54) is 11.3 Å². The molecule has 0 aromatic carbocycles. The van der Waals surface area contributed by atoms with Crippen LogP contribution in [0.25, 0.3) is 0 Å². The van der Waals surface area contributed by atoms with E-state index < -0.39 is 24.9 Å². The highest BCUT2D eigenvalue weighted by molar-refractivity contribution is 7.12. The lowest BCUT2D eigenvalue weighted by atomic mass is 10.1. The molecule has 2 fully saturated rings. The van der Waals surface area contributed by atoms with E-state index in [0.29, 0.717) is 31.1 Å². The summed E-state index contributed by atoms with van der Waals surface area (Å²) in [5, 5.41) is 4.43. The lowest BCUT2D eigenvalue weighted by molar-refractivity contribution is -0.135. The maximum absolute atomic E-state index is 13.2. The molecule has 2 saturated heterocycles. The number of nitrogens with zero attached hydrogens (tertiary/aromatic N) is 2. The van der Waals surface area contributed by atoms with Gasteiger partial charge in [0, 0.05) is 32.6 Å². The molecule has 3 heterocycles. The fourth-order valence-electron chi connectivity index (χ4n) is 2.80. The fraction of sp³-hybridized carbons (Fsp3) is 0.571. The topological polar surface area (TPSA) is 52.7 Å². The van der Waals surface area contributed by atoms with Crippen molar-refractivity contribution in [3.05, 3.63) is 22.4 Å². The predicted octanol–water partition coefficient (Wildman–Crippen LogP) is 1.03. The second kappa shape index (κ2) is 5.92. The molecule has 3 rings (SSSR count). The first kappa shape index (κ1) is 15.4. The average Bonchev–Trinajstić information content (AvgIpc) is 3.15. The summed E-state index contributed by atoms with van der Waals surface area (Å²) in [6.07, 6.45) is -0.444. The van der Waals surface area contributed by atoms with Crippen LogP contribution in [0.2, 0.25) is 0 Å². The minimum Gasteiger partial charge on any atom is -0.338 e. The molecular formula is C14H17F2N3O2S. The van der Waals surface area contributed by atoms with Crippen molar-refractivity contribution in [1.29, 1.82) is 0 Å². The van der Waals surface area contributed by atoms with E-state index in [1.807, 2.05) is 11.4 Å². The first-order chi connectivity index (χ1) is 10.5. The van der Waals surface area contributed by atoms with Crippen molar-refractivity contribution in [2.45, 2.75) is 18.4 Å². The van der Waals surface area contributed by atoms with Gasteiger partial charge in [-0.2, -0.15) is 0 Å². The van der Waals surface area contributed by atoms with Gasteiger partial charge in [-0.25, -0.2) is 8.78 Å². The van der Waals surface area contributed by atoms with Gasteiger partial charge in [0.15, 0.2) is 0 Å². The van der Waals surface area contributed by atoms with E-state index in [1.54, 1.807) is 15.9 Å². The molecule has 2 amide bonds. The molecule has 0 radical (unpaired) electrons. The Balaban J connectivity index is 1.53. The van der Waals surface area contributed by atoms with Gasteiger partial charge in [0.2, 0.25) is 5.91 Å². The number of hydrogen-bond acceptors (Lipinski definition) is 4. The smallest absolute Gasteiger partial charge is 0.264 e. The summed E-state index contributed by atoms with van der Waals surface area (Å²) < 4.78 is 26.3. The molecule has 0 bridgehead atoms. The third-order valence-electron chi connectivity index (χ3n) is 4.02. The lowest BCUT2D eigenvalue weighted by Gasteiger charge is -2.35. The maximum atomic E-state index is 13.2. The van der Waals surface area contributed by atoms with Gasteiger partial charge in [0.05, 0.1) is 17.5 Å². The number of piperazine rings is 1. The summed E-state index contributed by atoms with van der Waals surface area (Å²) >= 11 is 1.39. The molecule has 120 valence electrons. The zero-order chi connectivity index (χ0) is 15.7. The fourth-order valence-corrected chi connectivity index (χ4v) is 3.49. The minimum absolute atomic E-state index is 0.0346. The Morgan fingerprint density at radius 2 is 1.91 bits per heavy atom. The monoisotopic (exact) mass is 329 g/mol. The van der Waals surface area contributed by atoms with E-state index in [-0.39, 0.29) is 11.8 Å². The summed E-state index contributed by atoms with van der Waals surface area (Å²) in [7, 11) is 0. The van der Waals surface area contributed by atoms with Crippen molar-refractivity contribution in [2.75, 3.05) is 32.7 Å². The van der Waals surface area contributed by atoms with Crippen LogP contribution in [0.3, 0.4) is 0 Å². The zero-order valence-electron chi connectivity index (χ0n) is 11.9. The van der Waals surface area contributed by atoms with Crippen LogP contribution in [-0.4, -0.2) is 66.3 Å². The third kappa shape index (κ3) is 3.12. The SMILES string of the molecule is O=C(c1cccs1)N1CCN(C(=O)C2CC(F)(F)CN2)CC1. The van der Waals surface area contributed by atoms with Crippen LogP contribution in [0.15, 0.2) is 17.5 Å². The Morgan fingerprint density at radius 1 is 1.23 bits per heavy atom. The molecule has 0 aliphatic carbocycles. The van der Waals surface area contributed by atoms with Crippen LogP contribution in [0, 0.1) is 0 Å². The summed E-state index contributed by atoms with van der Waals surface area (Å²) in [5.74, 6) is -3.13. The molecule has 1 aromatic rings. The molecule has 8 heteroatoms. The van der Waals surface area contributed by atoms with Crippen molar-refractivity contribution in [3.63, 3.8) is 0 Å². The van der Waals surface area contributed by atoms with Crippen LogP contribution >= 0.6 is 11.3 Å². The van der Waals surface area contributed by atoms with Crippen molar-refractivity contribution >= 4 is 23.2 Å². The molecule has 0 spiro atoms. The number of halogens is 2. The highest BCUT2D eigenvalue weighted by Gasteiger charge is 2.43. The number of alkyl halides is 2. The van der Waals surface area contributed by atoms with Crippen molar-refractivity contribution in [2.24, 2.45) is 0 Å². The van der Waals surface area contributed by atoms with Gasteiger partial charge in [-0.1, -0.05) is 6.07 Å². The zero-order valence-corrected chi connectivity index (χ0v) is 12.7. The first-order valence-corrected chi connectivity index (χ1v) is 8.07. The van der Waals surface area contributed by atoms with Gasteiger partial charge >= 0.3 is 0 Å². The van der Waals surface area contributed by atoms with Gasteiger partial charge in [-0.05, 0) is 11.4 Å². The molecule has 2 aliphatic heterocycles. The average molecular weight is 329 g/mol. The van der Waals surface area contributed by atoms with Crippen LogP contribution in [0.1, 0.15) is 16.1 Å². The van der Waals surface area contributed by atoms with Crippen molar-refractivity contribution in [1.82, 2.24) is 15.1 Å². The number of rotatable bonds is 2. The molecule has 1 atom stereocenters. The molecule has 5 nitrogen and oxygen atoms in total. The third-order valence-corrected chi connectivity index (χ3v) is 4.88. The Morgan fingerprint density at radius 3 is 2.45 bits per heavy atom. The van der Waals surface area contributed by atoms with E-state index in [0.717, 1.165) is 0 Å². The van der Waals surface area contributed by atoms with E-state index in [2.05, 4.69) is 5.32 Å². The summed E-state index contributed by atoms with van der Waals surface area (Å²) in [4.78, 5) is 28.4. The second-order valence-corrected chi connectivity index (χ2v) is 6.54. The number of thiophene rings is 1. The second-order valence-electron chi connectivity index (χ2n) is 5.59. The number of hydrogen-bond donors (Lipinski definition) is 1. The van der Waals surface area contributed by atoms with E-state index in [9.17, 15) is 18.4 Å². The summed E-state index contributed by atoms with van der Waals surface area (Å²) in [6.45, 7) is 1.21. The van der Waals surface area contributed by atoms with E-state index >= 15 is 0 Å². The molecule has 1 unspecified atom stereocenters. The standard InChI is InChI=1S/C14H17F2N3O2S/c15-14(16)8-10(17-9-14)12(20)18-3-5-19(6-4-18)13(21)11-2-1-7-22-11/h1-2,7,10,17H,3-6,8-9H2. The van der Waals surface area contributed by atoms with Crippen molar-refractivity contribution < 1.29 is 18.4 Å². The largest absolute Gasteiger partial charge is 0.338 e. The lowest BCUT2D eigenvalue weighted by Crippen LogP contribution is -2.54. The Bertz CT molecular complexity index is 556. The highest BCUT2D eigenvalue weighted by atomic mass is 32.1. The molecule has 22 heavy (non-hydrogen) atoms. The Labute approximate surface area is 130 Å². The quantitative estimate of drug-likeness (QED) is 0.882. The number of carbonyl (C=O) groups is 2. The number of nitrogens with one attached hydrogen (secondary N) is 1. The van der Waals surface area contributed by atoms with Crippen molar-refractivity contribution in [3.8, 4) is 0 Å². The van der Waals surface area contributed by atoms with Gasteiger partial charge in [0.1, 0.15) is 0 Å². The molecule has 0 saturated carbocycles. The van der Waals surface area contributed by atoms with Crippen LogP contribution < -0.4 is 5.32 Å². The summed E-state index contributed by atoms with van der Waals surface area (Å²) in [6, 6.07) is 2.79.